The van der Waals surface area contributed by atoms with Crippen molar-refractivity contribution in [3.63, 3.8) is 0 Å². The molecule has 1 saturated heterocycles. The van der Waals surface area contributed by atoms with Crippen molar-refractivity contribution in [3.05, 3.63) is 11.6 Å². The van der Waals surface area contributed by atoms with Crippen molar-refractivity contribution in [1.82, 2.24) is 9.29 Å². The predicted molar refractivity (Wildman–Crippen MR) is 71.4 cm³/mol. The topological polar surface area (TPSA) is 73.7 Å². The van der Waals surface area contributed by atoms with Crippen molar-refractivity contribution >= 4 is 26.5 Å². The molecule has 2 rings (SSSR count). The molecule has 0 atom stereocenters. The van der Waals surface area contributed by atoms with E-state index in [1.54, 1.807) is 17.5 Å². The highest BCUT2D eigenvalue weighted by molar-refractivity contribution is 7.89. The number of nitrogens with zero attached hydrogens (tertiary/aromatic N) is 3. The number of sulfonamides is 1. The van der Waals surface area contributed by atoms with Crippen LogP contribution in [0.4, 0.5) is 5.13 Å². The summed E-state index contributed by atoms with van der Waals surface area (Å²) in [4.78, 5) is 6.32. The molecule has 18 heavy (non-hydrogen) atoms. The van der Waals surface area contributed by atoms with Crippen molar-refractivity contribution < 1.29 is 13.5 Å². The van der Waals surface area contributed by atoms with E-state index >= 15 is 0 Å². The SMILES string of the molecule is O=S(=O)(CCCO)N1CCN(c2nccs2)CC1. The summed E-state index contributed by atoms with van der Waals surface area (Å²) in [5.74, 6) is 0.0285. The minimum absolute atomic E-state index is 0.0285. The second-order valence-electron chi connectivity index (χ2n) is 4.09. The van der Waals surface area contributed by atoms with Crippen LogP contribution in [-0.4, -0.2) is 61.4 Å². The first-order valence-electron chi connectivity index (χ1n) is 5.86. The number of hydrogen-bond acceptors (Lipinski definition) is 6. The van der Waals surface area contributed by atoms with Crippen LogP contribution in [0.25, 0.3) is 0 Å². The Morgan fingerprint density at radius 3 is 2.61 bits per heavy atom. The minimum Gasteiger partial charge on any atom is -0.396 e. The highest BCUT2D eigenvalue weighted by Crippen LogP contribution is 2.20. The molecule has 1 aromatic heterocycles. The zero-order valence-electron chi connectivity index (χ0n) is 10.0. The van der Waals surface area contributed by atoms with Gasteiger partial charge in [-0.2, -0.15) is 4.31 Å². The van der Waals surface area contributed by atoms with Crippen LogP contribution in [0.2, 0.25) is 0 Å². The molecular formula is C10H17N3O3S2. The highest BCUT2D eigenvalue weighted by atomic mass is 32.2. The van der Waals surface area contributed by atoms with E-state index in [2.05, 4.69) is 9.88 Å². The first-order valence-corrected chi connectivity index (χ1v) is 8.35. The lowest BCUT2D eigenvalue weighted by Gasteiger charge is -2.33. The van der Waals surface area contributed by atoms with Gasteiger partial charge < -0.3 is 10.0 Å². The van der Waals surface area contributed by atoms with Crippen LogP contribution in [0.3, 0.4) is 0 Å². The first-order chi connectivity index (χ1) is 8.63. The van der Waals surface area contributed by atoms with Crippen LogP contribution in [0.1, 0.15) is 6.42 Å². The highest BCUT2D eigenvalue weighted by Gasteiger charge is 2.27. The van der Waals surface area contributed by atoms with Crippen molar-refractivity contribution in [1.29, 1.82) is 0 Å². The lowest BCUT2D eigenvalue weighted by atomic mass is 10.4. The zero-order valence-corrected chi connectivity index (χ0v) is 11.7. The van der Waals surface area contributed by atoms with E-state index in [-0.39, 0.29) is 12.4 Å². The monoisotopic (exact) mass is 291 g/mol. The number of thiazole rings is 1. The average molecular weight is 291 g/mol. The smallest absolute Gasteiger partial charge is 0.214 e. The molecule has 1 aromatic rings. The summed E-state index contributed by atoms with van der Waals surface area (Å²) in [6.07, 6.45) is 2.05. The first kappa shape index (κ1) is 13.7. The van der Waals surface area contributed by atoms with Crippen molar-refractivity contribution in [3.8, 4) is 0 Å². The number of aliphatic hydroxyl groups excluding tert-OH is 1. The molecule has 0 bridgehead atoms. The maximum absolute atomic E-state index is 11.9. The number of piperazine rings is 1. The number of hydrogen-bond donors (Lipinski definition) is 1. The summed E-state index contributed by atoms with van der Waals surface area (Å²) in [6, 6.07) is 0. The van der Waals surface area contributed by atoms with E-state index in [1.165, 1.54) is 4.31 Å². The van der Waals surface area contributed by atoms with Crippen molar-refractivity contribution in [2.75, 3.05) is 43.4 Å². The molecule has 0 aliphatic carbocycles. The van der Waals surface area contributed by atoms with Crippen molar-refractivity contribution in [2.24, 2.45) is 0 Å². The molecule has 2 heterocycles. The van der Waals surface area contributed by atoms with E-state index in [0.29, 0.717) is 32.6 Å². The molecule has 0 saturated carbocycles. The van der Waals surface area contributed by atoms with Gasteiger partial charge in [-0.15, -0.1) is 11.3 Å². The fraction of sp³-hybridized carbons (Fsp3) is 0.700. The number of aromatic nitrogens is 1. The molecule has 1 N–H and O–H groups in total. The van der Waals surface area contributed by atoms with Gasteiger partial charge in [-0.1, -0.05) is 0 Å². The van der Waals surface area contributed by atoms with Gasteiger partial charge in [-0.05, 0) is 6.42 Å². The summed E-state index contributed by atoms with van der Waals surface area (Å²) >= 11 is 1.57. The van der Waals surface area contributed by atoms with Gasteiger partial charge >= 0.3 is 0 Å². The maximum Gasteiger partial charge on any atom is 0.214 e. The molecule has 0 unspecified atom stereocenters. The van der Waals surface area contributed by atoms with Crippen LogP contribution < -0.4 is 4.90 Å². The zero-order chi connectivity index (χ0) is 13.0. The summed E-state index contributed by atoms with van der Waals surface area (Å²) in [6.45, 7) is 2.25. The molecular weight excluding hydrogens is 274 g/mol. The summed E-state index contributed by atoms with van der Waals surface area (Å²) in [7, 11) is -3.21. The Bertz CT molecular complexity index is 453. The van der Waals surface area contributed by atoms with Gasteiger partial charge in [0.25, 0.3) is 0 Å². The molecule has 102 valence electrons. The molecule has 1 fully saturated rings. The third kappa shape index (κ3) is 3.19. The summed E-state index contributed by atoms with van der Waals surface area (Å²) in [5.41, 5.74) is 0. The number of anilines is 1. The van der Waals surface area contributed by atoms with Crippen LogP contribution in [0.15, 0.2) is 11.6 Å². The number of rotatable bonds is 5. The molecule has 0 spiro atoms. The third-order valence-electron chi connectivity index (χ3n) is 2.88. The maximum atomic E-state index is 11.9. The van der Waals surface area contributed by atoms with Gasteiger partial charge in [-0.3, -0.25) is 0 Å². The van der Waals surface area contributed by atoms with Gasteiger partial charge in [0.2, 0.25) is 10.0 Å². The molecule has 0 amide bonds. The largest absolute Gasteiger partial charge is 0.396 e. The van der Waals surface area contributed by atoms with Crippen LogP contribution >= 0.6 is 11.3 Å². The van der Waals surface area contributed by atoms with Crippen molar-refractivity contribution in [2.45, 2.75) is 6.42 Å². The van der Waals surface area contributed by atoms with Gasteiger partial charge in [-0.25, -0.2) is 13.4 Å². The molecule has 0 radical (unpaired) electrons. The van der Waals surface area contributed by atoms with E-state index in [1.807, 2.05) is 5.38 Å². The van der Waals surface area contributed by atoms with Gasteiger partial charge in [0.15, 0.2) is 5.13 Å². The summed E-state index contributed by atoms with van der Waals surface area (Å²) < 4.78 is 25.3. The van der Waals surface area contributed by atoms with E-state index in [9.17, 15) is 8.42 Å². The molecule has 8 heteroatoms. The fourth-order valence-electron chi connectivity index (χ4n) is 1.91. The molecule has 1 aliphatic rings. The molecule has 1 aliphatic heterocycles. The lowest BCUT2D eigenvalue weighted by Crippen LogP contribution is -2.49. The predicted octanol–water partition coefficient (Wildman–Crippen LogP) is -0.0227. The Balaban J connectivity index is 1.90. The second kappa shape index (κ2) is 5.96. The Labute approximate surface area is 111 Å². The average Bonchev–Trinajstić information content (AvgIpc) is 2.90. The molecule has 0 aromatic carbocycles. The second-order valence-corrected chi connectivity index (χ2v) is 7.06. The normalized spacial score (nSPS) is 18.2. The Hall–Kier alpha value is -0.700. The summed E-state index contributed by atoms with van der Waals surface area (Å²) in [5, 5.41) is 11.6. The fourth-order valence-corrected chi connectivity index (χ4v) is 4.07. The minimum atomic E-state index is -3.21. The number of aliphatic hydroxyl groups is 1. The Morgan fingerprint density at radius 2 is 2.06 bits per heavy atom. The van der Waals surface area contributed by atoms with E-state index < -0.39 is 10.0 Å². The van der Waals surface area contributed by atoms with Gasteiger partial charge in [0.05, 0.1) is 5.75 Å². The van der Waals surface area contributed by atoms with E-state index in [0.717, 1.165) is 5.13 Å². The third-order valence-corrected chi connectivity index (χ3v) is 5.67. The molecule has 6 nitrogen and oxygen atoms in total. The van der Waals surface area contributed by atoms with Gasteiger partial charge in [0, 0.05) is 44.4 Å². The Kier molecular flexibility index (Phi) is 4.55. The Morgan fingerprint density at radius 1 is 1.33 bits per heavy atom. The van der Waals surface area contributed by atoms with Crippen LogP contribution in [0, 0.1) is 0 Å². The standard InChI is InChI=1S/C10H17N3O3S2/c14-7-1-9-18(15,16)13-5-3-12(4-6-13)10-11-2-8-17-10/h2,8,14H,1,3-7,9H2. The van der Waals surface area contributed by atoms with Crippen LogP contribution in [-0.2, 0) is 10.0 Å². The lowest BCUT2D eigenvalue weighted by molar-refractivity contribution is 0.293. The van der Waals surface area contributed by atoms with Crippen LogP contribution in [0.5, 0.6) is 0 Å². The quantitative estimate of drug-likeness (QED) is 0.825. The van der Waals surface area contributed by atoms with Gasteiger partial charge in [0.1, 0.15) is 0 Å². The van der Waals surface area contributed by atoms with E-state index in [4.69, 9.17) is 5.11 Å².